The first-order valence-electron chi connectivity index (χ1n) is 7.62. The zero-order valence-corrected chi connectivity index (χ0v) is 15.3. The predicted octanol–water partition coefficient (Wildman–Crippen LogP) is 2.86. The Morgan fingerprint density at radius 1 is 1.12 bits per heavy atom. The Labute approximate surface area is 153 Å². The van der Waals surface area contributed by atoms with Gasteiger partial charge in [0.25, 0.3) is 5.91 Å². The molecule has 0 unspecified atom stereocenters. The van der Waals surface area contributed by atoms with E-state index in [4.69, 9.17) is 4.74 Å². The summed E-state index contributed by atoms with van der Waals surface area (Å²) in [5.41, 5.74) is 0.485. The van der Waals surface area contributed by atoms with Crippen LogP contribution in [-0.2, 0) is 4.79 Å². The Bertz CT molecular complexity index is 720. The smallest absolute Gasteiger partial charge is 0.251 e. The lowest BCUT2D eigenvalue weighted by Crippen LogP contribution is -2.39. The summed E-state index contributed by atoms with van der Waals surface area (Å²) in [6.45, 7) is 0.529. The normalized spacial score (nSPS) is 10.2. The van der Waals surface area contributed by atoms with Gasteiger partial charge in [-0.2, -0.15) is 0 Å². The number of halogens is 2. The van der Waals surface area contributed by atoms with E-state index in [0.29, 0.717) is 17.9 Å². The number of likely N-dealkylation sites (N-methyl/N-ethyl adjacent to an activating group) is 1. The van der Waals surface area contributed by atoms with E-state index in [1.54, 1.807) is 31.3 Å². The van der Waals surface area contributed by atoms with E-state index in [0.717, 1.165) is 4.47 Å². The molecule has 2 aromatic carbocycles. The van der Waals surface area contributed by atoms with Crippen molar-refractivity contribution in [1.82, 2.24) is 10.2 Å². The number of carbonyl (C=O) groups is 2. The fourth-order valence-electron chi connectivity index (χ4n) is 1.95. The van der Waals surface area contributed by atoms with Crippen molar-refractivity contribution in [3.05, 3.63) is 64.4 Å². The number of rotatable bonds is 7. The summed E-state index contributed by atoms with van der Waals surface area (Å²) in [6.07, 6.45) is 0. The Morgan fingerprint density at radius 3 is 2.40 bits per heavy atom. The molecule has 0 saturated carbocycles. The molecule has 2 rings (SSSR count). The first-order chi connectivity index (χ1) is 12.0. The highest BCUT2D eigenvalue weighted by atomic mass is 79.9. The third-order valence-corrected chi connectivity index (χ3v) is 3.97. The molecule has 0 atom stereocenters. The molecule has 0 aromatic heterocycles. The fourth-order valence-corrected chi connectivity index (χ4v) is 2.21. The monoisotopic (exact) mass is 408 g/mol. The minimum Gasteiger partial charge on any atom is -0.492 e. The number of amides is 2. The van der Waals surface area contributed by atoms with Gasteiger partial charge in [-0.1, -0.05) is 15.9 Å². The number of benzene rings is 2. The molecule has 25 heavy (non-hydrogen) atoms. The van der Waals surface area contributed by atoms with Crippen LogP contribution < -0.4 is 10.1 Å². The summed E-state index contributed by atoms with van der Waals surface area (Å²) in [5.74, 6) is -0.336. The molecular formula is C18H18BrFN2O3. The second kappa shape index (κ2) is 9.17. The van der Waals surface area contributed by atoms with Gasteiger partial charge in [0.1, 0.15) is 18.2 Å². The molecule has 2 amide bonds. The molecule has 0 spiro atoms. The van der Waals surface area contributed by atoms with Crippen molar-refractivity contribution in [3.8, 4) is 5.75 Å². The lowest BCUT2D eigenvalue weighted by Gasteiger charge is -2.18. The van der Waals surface area contributed by atoms with Crippen molar-refractivity contribution >= 4 is 27.7 Å². The quantitative estimate of drug-likeness (QED) is 0.765. The lowest BCUT2D eigenvalue weighted by atomic mass is 10.2. The van der Waals surface area contributed by atoms with E-state index in [1.165, 1.54) is 29.2 Å². The molecule has 7 heteroatoms. The van der Waals surface area contributed by atoms with Crippen LogP contribution in [0.4, 0.5) is 4.39 Å². The van der Waals surface area contributed by atoms with Gasteiger partial charge in [0, 0.05) is 17.1 Å². The van der Waals surface area contributed by atoms with Gasteiger partial charge in [-0.25, -0.2) is 4.39 Å². The molecule has 0 bridgehead atoms. The summed E-state index contributed by atoms with van der Waals surface area (Å²) in [6, 6.07) is 12.5. The van der Waals surface area contributed by atoms with Gasteiger partial charge in [0.2, 0.25) is 5.91 Å². The number of nitrogens with one attached hydrogen (secondary N) is 1. The van der Waals surface area contributed by atoms with Crippen molar-refractivity contribution in [3.63, 3.8) is 0 Å². The summed E-state index contributed by atoms with van der Waals surface area (Å²) >= 11 is 3.30. The maximum absolute atomic E-state index is 12.8. The largest absolute Gasteiger partial charge is 0.492 e. The van der Waals surface area contributed by atoms with E-state index in [2.05, 4.69) is 21.2 Å². The van der Waals surface area contributed by atoms with Crippen molar-refractivity contribution < 1.29 is 18.7 Å². The van der Waals surface area contributed by atoms with E-state index < -0.39 is 0 Å². The number of ether oxygens (including phenoxy) is 1. The number of nitrogens with zero attached hydrogens (tertiary/aromatic N) is 1. The highest BCUT2D eigenvalue weighted by Gasteiger charge is 2.11. The van der Waals surface area contributed by atoms with Gasteiger partial charge in [-0.05, 0) is 48.5 Å². The minimum absolute atomic E-state index is 0.0953. The van der Waals surface area contributed by atoms with Crippen molar-refractivity contribution in [2.45, 2.75) is 0 Å². The summed E-state index contributed by atoms with van der Waals surface area (Å²) < 4.78 is 19.1. The van der Waals surface area contributed by atoms with Crippen LogP contribution >= 0.6 is 15.9 Å². The Hall–Kier alpha value is -2.41. The predicted molar refractivity (Wildman–Crippen MR) is 96.0 cm³/mol. The Balaban J connectivity index is 1.71. The SMILES string of the molecule is CN(CCOc1ccc(F)cc1)C(=O)CNC(=O)c1ccc(Br)cc1. The topological polar surface area (TPSA) is 58.6 Å². The van der Waals surface area contributed by atoms with Gasteiger partial charge in [-0.3, -0.25) is 9.59 Å². The molecule has 0 radical (unpaired) electrons. The molecule has 0 fully saturated rings. The minimum atomic E-state index is -0.332. The number of hydrogen-bond donors (Lipinski definition) is 1. The molecule has 0 aliphatic rings. The zero-order valence-electron chi connectivity index (χ0n) is 13.7. The van der Waals surface area contributed by atoms with Crippen LogP contribution in [0.3, 0.4) is 0 Å². The summed E-state index contributed by atoms with van der Waals surface area (Å²) in [5, 5.41) is 2.59. The van der Waals surface area contributed by atoms with E-state index in [1.807, 2.05) is 0 Å². The molecule has 132 valence electrons. The highest BCUT2D eigenvalue weighted by Crippen LogP contribution is 2.11. The first-order valence-corrected chi connectivity index (χ1v) is 8.41. The van der Waals surface area contributed by atoms with Crippen LogP contribution in [0, 0.1) is 5.82 Å². The van der Waals surface area contributed by atoms with E-state index >= 15 is 0 Å². The van der Waals surface area contributed by atoms with Gasteiger partial charge in [0.05, 0.1) is 13.1 Å². The van der Waals surface area contributed by atoms with Crippen molar-refractivity contribution in [1.29, 1.82) is 0 Å². The molecule has 1 N–H and O–H groups in total. The summed E-state index contributed by atoms with van der Waals surface area (Å²) in [4.78, 5) is 25.4. The van der Waals surface area contributed by atoms with Crippen LogP contribution in [0.1, 0.15) is 10.4 Å². The molecule has 0 heterocycles. The average Bonchev–Trinajstić information content (AvgIpc) is 2.61. The van der Waals surface area contributed by atoms with Crippen LogP contribution in [0.5, 0.6) is 5.75 Å². The second-order valence-electron chi connectivity index (χ2n) is 5.31. The van der Waals surface area contributed by atoms with Crippen molar-refractivity contribution in [2.24, 2.45) is 0 Å². The lowest BCUT2D eigenvalue weighted by molar-refractivity contribution is -0.129. The molecule has 0 aliphatic carbocycles. The Kier molecular flexibility index (Phi) is 6.94. The Morgan fingerprint density at radius 2 is 1.76 bits per heavy atom. The number of hydrogen-bond acceptors (Lipinski definition) is 3. The van der Waals surface area contributed by atoms with Crippen LogP contribution in [-0.4, -0.2) is 43.5 Å². The van der Waals surface area contributed by atoms with E-state index in [-0.39, 0.29) is 30.8 Å². The fraction of sp³-hybridized carbons (Fsp3) is 0.222. The van der Waals surface area contributed by atoms with Gasteiger partial charge >= 0.3 is 0 Å². The molecule has 0 aliphatic heterocycles. The third-order valence-electron chi connectivity index (χ3n) is 3.44. The molecule has 5 nitrogen and oxygen atoms in total. The molecule has 0 saturated heterocycles. The van der Waals surface area contributed by atoms with Gasteiger partial charge < -0.3 is 15.0 Å². The molecular weight excluding hydrogens is 391 g/mol. The van der Waals surface area contributed by atoms with Crippen molar-refractivity contribution in [2.75, 3.05) is 26.7 Å². The first kappa shape index (κ1) is 18.9. The van der Waals surface area contributed by atoms with Crippen LogP contribution in [0.15, 0.2) is 53.0 Å². The average molecular weight is 409 g/mol. The zero-order chi connectivity index (χ0) is 18.2. The van der Waals surface area contributed by atoms with Gasteiger partial charge in [-0.15, -0.1) is 0 Å². The summed E-state index contributed by atoms with van der Waals surface area (Å²) in [7, 11) is 1.63. The highest BCUT2D eigenvalue weighted by molar-refractivity contribution is 9.10. The standard InChI is InChI=1S/C18H18BrFN2O3/c1-22(10-11-25-16-8-6-15(20)7-9-16)17(23)12-21-18(24)13-2-4-14(19)5-3-13/h2-9H,10-12H2,1H3,(H,21,24). The van der Waals surface area contributed by atoms with Crippen LogP contribution in [0.25, 0.3) is 0 Å². The second-order valence-corrected chi connectivity index (χ2v) is 6.22. The van der Waals surface area contributed by atoms with Crippen LogP contribution in [0.2, 0.25) is 0 Å². The van der Waals surface area contributed by atoms with E-state index in [9.17, 15) is 14.0 Å². The molecule has 2 aromatic rings. The maximum atomic E-state index is 12.8. The van der Waals surface area contributed by atoms with Gasteiger partial charge in [0.15, 0.2) is 0 Å². The maximum Gasteiger partial charge on any atom is 0.251 e. The number of carbonyl (C=O) groups excluding carboxylic acids is 2. The third kappa shape index (κ3) is 6.19.